The number of pyridine rings is 1. The first-order valence-corrected chi connectivity index (χ1v) is 9.23. The van der Waals surface area contributed by atoms with Gasteiger partial charge in [0.1, 0.15) is 7.14 Å². The lowest BCUT2D eigenvalue weighted by molar-refractivity contribution is 0.585. The zero-order valence-electron chi connectivity index (χ0n) is 12.3. The van der Waals surface area contributed by atoms with Crippen molar-refractivity contribution in [3.05, 3.63) is 47.7 Å². The first-order chi connectivity index (χ1) is 9.51. The highest BCUT2D eigenvalue weighted by molar-refractivity contribution is 7.72. The standard InChI is InChI=1S/C17H20NOP/c1-12(2)14-8-9-16-15(7-6-13(3)18-16)17(14)20(19)10-4-5-11-20/h4-9,12H,10-11H2,1-3H3. The fourth-order valence-corrected chi connectivity index (χ4v) is 5.90. The molecule has 2 nitrogen and oxygen atoms in total. The van der Waals surface area contributed by atoms with E-state index in [1.54, 1.807) is 0 Å². The first kappa shape index (κ1) is 13.6. The van der Waals surface area contributed by atoms with E-state index in [0.29, 0.717) is 18.2 Å². The molecular weight excluding hydrogens is 265 g/mol. The van der Waals surface area contributed by atoms with Gasteiger partial charge in [-0.3, -0.25) is 4.98 Å². The van der Waals surface area contributed by atoms with Gasteiger partial charge >= 0.3 is 0 Å². The molecule has 20 heavy (non-hydrogen) atoms. The van der Waals surface area contributed by atoms with Crippen molar-refractivity contribution in [3.8, 4) is 0 Å². The molecular formula is C17H20NOP. The summed E-state index contributed by atoms with van der Waals surface area (Å²) in [7, 11) is -2.33. The SMILES string of the molecule is Cc1ccc2c(P3(=O)CC=CC3)c(C(C)C)ccc2n1. The molecule has 0 saturated heterocycles. The van der Waals surface area contributed by atoms with E-state index < -0.39 is 7.14 Å². The van der Waals surface area contributed by atoms with Gasteiger partial charge in [0.2, 0.25) is 0 Å². The third-order valence-electron chi connectivity index (χ3n) is 4.01. The average molecular weight is 285 g/mol. The normalized spacial score (nSPS) is 17.2. The Balaban J connectivity index is 2.35. The van der Waals surface area contributed by atoms with Gasteiger partial charge in [-0.05, 0) is 30.5 Å². The van der Waals surface area contributed by atoms with Crippen LogP contribution in [-0.2, 0) is 4.57 Å². The molecule has 0 unspecified atom stereocenters. The molecule has 0 atom stereocenters. The van der Waals surface area contributed by atoms with Crippen molar-refractivity contribution in [2.75, 3.05) is 12.3 Å². The van der Waals surface area contributed by atoms with Crippen LogP contribution in [0.1, 0.15) is 31.0 Å². The second-order valence-corrected chi connectivity index (χ2v) is 8.86. The highest BCUT2D eigenvalue weighted by Crippen LogP contribution is 2.51. The minimum absolute atomic E-state index is 0.377. The topological polar surface area (TPSA) is 30.0 Å². The van der Waals surface area contributed by atoms with E-state index >= 15 is 0 Å². The van der Waals surface area contributed by atoms with Gasteiger partial charge in [-0.1, -0.05) is 38.1 Å². The molecule has 2 aromatic rings. The Morgan fingerprint density at radius 2 is 1.80 bits per heavy atom. The summed E-state index contributed by atoms with van der Waals surface area (Å²) in [5.41, 5.74) is 3.19. The molecule has 3 heteroatoms. The van der Waals surface area contributed by atoms with E-state index in [1.807, 2.05) is 13.0 Å². The lowest BCUT2D eigenvalue weighted by atomic mass is 10.0. The molecule has 0 bridgehead atoms. The summed E-state index contributed by atoms with van der Waals surface area (Å²) in [5, 5.41) is 2.15. The van der Waals surface area contributed by atoms with Crippen LogP contribution < -0.4 is 5.30 Å². The summed E-state index contributed by atoms with van der Waals surface area (Å²) >= 11 is 0. The van der Waals surface area contributed by atoms with Gasteiger partial charge in [-0.25, -0.2) is 0 Å². The highest BCUT2D eigenvalue weighted by atomic mass is 31.2. The number of aryl methyl sites for hydroxylation is 1. The summed E-state index contributed by atoms with van der Waals surface area (Å²) in [4.78, 5) is 4.60. The molecule has 3 rings (SSSR count). The van der Waals surface area contributed by atoms with E-state index in [-0.39, 0.29) is 0 Å². The second-order valence-electron chi connectivity index (χ2n) is 5.90. The van der Waals surface area contributed by atoms with Gasteiger partial charge in [-0.15, -0.1) is 0 Å². The molecule has 0 saturated carbocycles. The molecule has 0 fully saturated rings. The number of nitrogens with zero attached hydrogens (tertiary/aromatic N) is 1. The summed E-state index contributed by atoms with van der Waals surface area (Å²) in [6.45, 7) is 6.33. The minimum atomic E-state index is -2.33. The molecule has 0 radical (unpaired) electrons. The Bertz CT molecular complexity index is 734. The van der Waals surface area contributed by atoms with Crippen molar-refractivity contribution in [2.45, 2.75) is 26.7 Å². The Labute approximate surface area is 120 Å². The van der Waals surface area contributed by atoms with Crippen LogP contribution in [0.5, 0.6) is 0 Å². The lowest BCUT2D eigenvalue weighted by Crippen LogP contribution is -2.16. The molecule has 104 valence electrons. The van der Waals surface area contributed by atoms with Gasteiger partial charge in [0.15, 0.2) is 0 Å². The molecule has 1 aliphatic rings. The largest absolute Gasteiger partial charge is 0.318 e. The van der Waals surface area contributed by atoms with Crippen molar-refractivity contribution in [2.24, 2.45) is 0 Å². The van der Waals surface area contributed by atoms with Crippen LogP contribution in [0.3, 0.4) is 0 Å². The van der Waals surface area contributed by atoms with Crippen molar-refractivity contribution in [3.63, 3.8) is 0 Å². The van der Waals surface area contributed by atoms with Crippen molar-refractivity contribution < 1.29 is 4.57 Å². The Morgan fingerprint density at radius 1 is 1.10 bits per heavy atom. The minimum Gasteiger partial charge on any atom is -0.318 e. The number of allylic oxidation sites excluding steroid dienone is 2. The fraction of sp³-hybridized carbons (Fsp3) is 0.353. The number of benzene rings is 1. The number of fused-ring (bicyclic) bond motifs is 1. The fourth-order valence-electron chi connectivity index (χ4n) is 2.97. The Hall–Kier alpha value is -1.40. The monoisotopic (exact) mass is 285 g/mol. The third kappa shape index (κ3) is 2.13. The summed E-state index contributed by atoms with van der Waals surface area (Å²) in [5.74, 6) is 0.377. The Kier molecular flexibility index (Phi) is 3.30. The van der Waals surface area contributed by atoms with Crippen LogP contribution in [-0.4, -0.2) is 17.3 Å². The Morgan fingerprint density at radius 3 is 2.45 bits per heavy atom. The van der Waals surface area contributed by atoms with E-state index in [4.69, 9.17) is 0 Å². The third-order valence-corrected chi connectivity index (χ3v) is 6.93. The van der Waals surface area contributed by atoms with E-state index in [1.165, 1.54) is 5.56 Å². The molecule has 0 N–H and O–H groups in total. The van der Waals surface area contributed by atoms with Gasteiger partial charge in [0.05, 0.1) is 5.52 Å². The summed E-state index contributed by atoms with van der Waals surface area (Å²) < 4.78 is 13.3. The number of aromatic nitrogens is 1. The van der Waals surface area contributed by atoms with Crippen LogP contribution in [0.25, 0.3) is 10.9 Å². The maximum absolute atomic E-state index is 13.3. The van der Waals surface area contributed by atoms with E-state index in [2.05, 4.69) is 49.2 Å². The number of rotatable bonds is 2. The highest BCUT2D eigenvalue weighted by Gasteiger charge is 2.30. The average Bonchev–Trinajstić information content (AvgIpc) is 2.84. The predicted octanol–water partition coefficient (Wildman–Crippen LogP) is 4.22. The predicted molar refractivity (Wildman–Crippen MR) is 86.7 cm³/mol. The number of hydrogen-bond donors (Lipinski definition) is 0. The second kappa shape index (κ2) is 4.86. The van der Waals surface area contributed by atoms with E-state index in [9.17, 15) is 4.57 Å². The van der Waals surface area contributed by atoms with Crippen LogP contribution in [0, 0.1) is 6.92 Å². The quantitative estimate of drug-likeness (QED) is 0.610. The van der Waals surface area contributed by atoms with E-state index in [0.717, 1.165) is 21.9 Å². The van der Waals surface area contributed by atoms with Gasteiger partial charge < -0.3 is 4.57 Å². The van der Waals surface area contributed by atoms with Crippen LogP contribution >= 0.6 is 7.14 Å². The number of hydrogen-bond acceptors (Lipinski definition) is 2. The van der Waals surface area contributed by atoms with Gasteiger partial charge in [0, 0.05) is 28.7 Å². The van der Waals surface area contributed by atoms with Crippen molar-refractivity contribution in [1.82, 2.24) is 4.98 Å². The summed E-state index contributed by atoms with van der Waals surface area (Å²) in [6, 6.07) is 8.30. The van der Waals surface area contributed by atoms with Crippen LogP contribution in [0.2, 0.25) is 0 Å². The van der Waals surface area contributed by atoms with Gasteiger partial charge in [-0.2, -0.15) is 0 Å². The molecule has 1 aliphatic heterocycles. The van der Waals surface area contributed by atoms with Crippen molar-refractivity contribution in [1.29, 1.82) is 0 Å². The summed E-state index contributed by atoms with van der Waals surface area (Å²) in [6.07, 6.45) is 5.51. The van der Waals surface area contributed by atoms with Crippen molar-refractivity contribution >= 4 is 23.3 Å². The van der Waals surface area contributed by atoms with Crippen LogP contribution in [0.4, 0.5) is 0 Å². The maximum Gasteiger partial charge on any atom is 0.123 e. The molecule has 0 aliphatic carbocycles. The molecule has 0 amide bonds. The molecule has 0 spiro atoms. The smallest absolute Gasteiger partial charge is 0.123 e. The zero-order chi connectivity index (χ0) is 14.3. The maximum atomic E-state index is 13.3. The molecule has 1 aromatic heterocycles. The first-order valence-electron chi connectivity index (χ1n) is 7.15. The van der Waals surface area contributed by atoms with Gasteiger partial charge in [0.25, 0.3) is 0 Å². The molecule has 1 aromatic carbocycles. The lowest BCUT2D eigenvalue weighted by Gasteiger charge is -2.21. The van der Waals surface area contributed by atoms with Crippen LogP contribution in [0.15, 0.2) is 36.4 Å². The molecule has 2 heterocycles. The zero-order valence-corrected chi connectivity index (χ0v) is 13.2.